The smallest absolute Gasteiger partial charge is 0.227 e. The molecule has 1 amide bonds. The lowest BCUT2D eigenvalue weighted by molar-refractivity contribution is -0.120. The third-order valence-corrected chi connectivity index (χ3v) is 4.82. The maximum absolute atomic E-state index is 12.5. The van der Waals surface area contributed by atoms with Crippen molar-refractivity contribution in [3.63, 3.8) is 0 Å². The van der Waals surface area contributed by atoms with E-state index in [1.165, 1.54) is 0 Å². The van der Waals surface area contributed by atoms with E-state index in [-0.39, 0.29) is 17.6 Å². The van der Waals surface area contributed by atoms with Gasteiger partial charge >= 0.3 is 0 Å². The van der Waals surface area contributed by atoms with Crippen LogP contribution in [0.1, 0.15) is 12.8 Å². The van der Waals surface area contributed by atoms with Gasteiger partial charge in [0, 0.05) is 30.1 Å². The molecule has 0 spiro atoms. The van der Waals surface area contributed by atoms with Gasteiger partial charge in [0.2, 0.25) is 5.91 Å². The normalized spacial score (nSPS) is 15.2. The van der Waals surface area contributed by atoms with Gasteiger partial charge in [0.05, 0.1) is 5.52 Å². The Morgan fingerprint density at radius 3 is 2.54 bits per heavy atom. The zero-order valence-corrected chi connectivity index (χ0v) is 14.3. The quantitative estimate of drug-likeness (QED) is 0.711. The highest BCUT2D eigenvalue weighted by Gasteiger charge is 2.26. The van der Waals surface area contributed by atoms with Crippen LogP contribution in [0.3, 0.4) is 0 Å². The van der Waals surface area contributed by atoms with Crippen molar-refractivity contribution in [1.82, 2.24) is 9.97 Å². The molecule has 0 radical (unpaired) electrons. The van der Waals surface area contributed by atoms with E-state index < -0.39 is 0 Å². The molecule has 2 heterocycles. The van der Waals surface area contributed by atoms with Crippen molar-refractivity contribution >= 4 is 28.3 Å². The number of rotatable bonds is 3. The van der Waals surface area contributed by atoms with E-state index in [2.05, 4.69) is 20.2 Å². The standard InChI is InChI=1S/C20H20N4O2/c25-16-7-5-15(6-8-16)23-20(26)14-9-11-24(12-10-14)19-17-3-1-2-4-18(17)21-13-22-19/h1-8,13-14,25H,9-12H2,(H,23,26). The highest BCUT2D eigenvalue weighted by Crippen LogP contribution is 2.28. The summed E-state index contributed by atoms with van der Waals surface area (Å²) in [5.74, 6) is 1.14. The van der Waals surface area contributed by atoms with Gasteiger partial charge in [-0.2, -0.15) is 0 Å². The summed E-state index contributed by atoms with van der Waals surface area (Å²) in [6, 6.07) is 14.5. The Morgan fingerprint density at radius 2 is 1.77 bits per heavy atom. The molecule has 1 aromatic heterocycles. The van der Waals surface area contributed by atoms with Gasteiger partial charge in [-0.15, -0.1) is 0 Å². The summed E-state index contributed by atoms with van der Waals surface area (Å²) in [7, 11) is 0. The minimum Gasteiger partial charge on any atom is -0.508 e. The summed E-state index contributed by atoms with van der Waals surface area (Å²) in [5, 5.41) is 13.3. The molecule has 26 heavy (non-hydrogen) atoms. The van der Waals surface area contributed by atoms with E-state index in [1.807, 2.05) is 24.3 Å². The molecule has 6 heteroatoms. The third-order valence-electron chi connectivity index (χ3n) is 4.82. The number of fused-ring (bicyclic) bond motifs is 1. The number of amides is 1. The molecule has 0 bridgehead atoms. The van der Waals surface area contributed by atoms with Crippen molar-refractivity contribution in [3.05, 3.63) is 54.9 Å². The van der Waals surface area contributed by atoms with Crippen molar-refractivity contribution in [2.75, 3.05) is 23.3 Å². The van der Waals surface area contributed by atoms with Gasteiger partial charge in [-0.25, -0.2) is 9.97 Å². The summed E-state index contributed by atoms with van der Waals surface area (Å²) < 4.78 is 0. The number of para-hydroxylation sites is 1. The molecule has 0 saturated carbocycles. The molecule has 1 aliphatic heterocycles. The number of aromatic hydroxyl groups is 1. The second-order valence-corrected chi connectivity index (χ2v) is 6.51. The molecule has 6 nitrogen and oxygen atoms in total. The van der Waals surface area contributed by atoms with E-state index >= 15 is 0 Å². The van der Waals surface area contributed by atoms with E-state index in [0.29, 0.717) is 5.69 Å². The Hall–Kier alpha value is -3.15. The first-order valence-electron chi connectivity index (χ1n) is 8.75. The van der Waals surface area contributed by atoms with Gasteiger partial charge in [-0.3, -0.25) is 4.79 Å². The fourth-order valence-corrected chi connectivity index (χ4v) is 3.39. The average Bonchev–Trinajstić information content (AvgIpc) is 2.69. The number of nitrogens with zero attached hydrogens (tertiary/aromatic N) is 3. The number of hydrogen-bond acceptors (Lipinski definition) is 5. The Labute approximate surface area is 151 Å². The van der Waals surface area contributed by atoms with Crippen molar-refractivity contribution < 1.29 is 9.90 Å². The van der Waals surface area contributed by atoms with Crippen LogP contribution in [0.15, 0.2) is 54.9 Å². The summed E-state index contributed by atoms with van der Waals surface area (Å²) in [6.07, 6.45) is 3.16. The van der Waals surface area contributed by atoms with E-state index in [0.717, 1.165) is 42.7 Å². The molecule has 2 N–H and O–H groups in total. The maximum Gasteiger partial charge on any atom is 0.227 e. The molecule has 1 aliphatic rings. The van der Waals surface area contributed by atoms with E-state index in [1.54, 1.807) is 30.6 Å². The second-order valence-electron chi connectivity index (χ2n) is 6.51. The number of benzene rings is 2. The number of aromatic nitrogens is 2. The number of carbonyl (C=O) groups is 1. The fraction of sp³-hybridized carbons (Fsp3) is 0.250. The van der Waals surface area contributed by atoms with E-state index in [4.69, 9.17) is 0 Å². The summed E-state index contributed by atoms with van der Waals surface area (Å²) >= 11 is 0. The molecule has 1 fully saturated rings. The number of nitrogens with one attached hydrogen (secondary N) is 1. The van der Waals surface area contributed by atoms with Gasteiger partial charge in [-0.05, 0) is 49.2 Å². The lowest BCUT2D eigenvalue weighted by Crippen LogP contribution is -2.38. The predicted molar refractivity (Wildman–Crippen MR) is 101 cm³/mol. The van der Waals surface area contributed by atoms with Crippen molar-refractivity contribution in [3.8, 4) is 5.75 Å². The highest BCUT2D eigenvalue weighted by molar-refractivity contribution is 5.93. The molecular weight excluding hydrogens is 328 g/mol. The van der Waals surface area contributed by atoms with Crippen LogP contribution in [0.5, 0.6) is 5.75 Å². The van der Waals surface area contributed by atoms with Crippen LogP contribution >= 0.6 is 0 Å². The van der Waals surface area contributed by atoms with Crippen LogP contribution in [0.2, 0.25) is 0 Å². The zero-order valence-electron chi connectivity index (χ0n) is 14.3. The SMILES string of the molecule is O=C(Nc1ccc(O)cc1)C1CCN(c2ncnc3ccccc23)CC1. The van der Waals surface area contributed by atoms with Crippen LogP contribution in [-0.2, 0) is 4.79 Å². The number of anilines is 2. The van der Waals surface area contributed by atoms with Crippen LogP contribution in [0.25, 0.3) is 10.9 Å². The highest BCUT2D eigenvalue weighted by atomic mass is 16.3. The van der Waals surface area contributed by atoms with Gasteiger partial charge in [-0.1, -0.05) is 12.1 Å². The molecule has 0 aliphatic carbocycles. The Morgan fingerprint density at radius 1 is 1.04 bits per heavy atom. The minimum atomic E-state index is -0.0202. The third kappa shape index (κ3) is 3.31. The lowest BCUT2D eigenvalue weighted by atomic mass is 9.95. The molecule has 0 atom stereocenters. The van der Waals surface area contributed by atoms with Gasteiger partial charge in [0.25, 0.3) is 0 Å². The number of phenolic OH excluding ortho intramolecular Hbond substituents is 1. The van der Waals surface area contributed by atoms with Crippen molar-refractivity contribution in [2.24, 2.45) is 5.92 Å². The summed E-state index contributed by atoms with van der Waals surface area (Å²) in [6.45, 7) is 1.57. The molecule has 0 unspecified atom stereocenters. The molecule has 132 valence electrons. The van der Waals surface area contributed by atoms with Crippen LogP contribution in [0, 0.1) is 5.92 Å². The van der Waals surface area contributed by atoms with Crippen molar-refractivity contribution in [1.29, 1.82) is 0 Å². The van der Waals surface area contributed by atoms with Gasteiger partial charge < -0.3 is 15.3 Å². The Bertz CT molecular complexity index is 913. The minimum absolute atomic E-state index is 0.0202. The van der Waals surface area contributed by atoms with Crippen LogP contribution < -0.4 is 10.2 Å². The Balaban J connectivity index is 1.42. The first kappa shape index (κ1) is 16.3. The molecule has 2 aromatic carbocycles. The Kier molecular flexibility index (Phi) is 4.39. The lowest BCUT2D eigenvalue weighted by Gasteiger charge is -2.32. The summed E-state index contributed by atoms with van der Waals surface area (Å²) in [4.78, 5) is 23.5. The number of piperidine rings is 1. The first-order valence-corrected chi connectivity index (χ1v) is 8.75. The average molecular weight is 348 g/mol. The van der Waals surface area contributed by atoms with E-state index in [9.17, 15) is 9.90 Å². The number of hydrogen-bond donors (Lipinski definition) is 2. The topological polar surface area (TPSA) is 78.4 Å². The maximum atomic E-state index is 12.5. The predicted octanol–water partition coefficient (Wildman–Crippen LogP) is 3.19. The zero-order chi connectivity index (χ0) is 17.9. The number of phenols is 1. The summed E-state index contributed by atoms with van der Waals surface area (Å²) in [5.41, 5.74) is 1.64. The molecular formula is C20H20N4O2. The van der Waals surface area contributed by atoms with Crippen LogP contribution in [-0.4, -0.2) is 34.1 Å². The first-order chi connectivity index (χ1) is 12.7. The number of carbonyl (C=O) groups excluding carboxylic acids is 1. The van der Waals surface area contributed by atoms with Crippen LogP contribution in [0.4, 0.5) is 11.5 Å². The molecule has 4 rings (SSSR count). The second kappa shape index (κ2) is 7.00. The largest absolute Gasteiger partial charge is 0.508 e. The monoisotopic (exact) mass is 348 g/mol. The van der Waals surface area contributed by atoms with Crippen molar-refractivity contribution in [2.45, 2.75) is 12.8 Å². The molecule has 1 saturated heterocycles. The molecule has 3 aromatic rings. The fourth-order valence-electron chi connectivity index (χ4n) is 3.39. The van der Waals surface area contributed by atoms with Gasteiger partial charge in [0.1, 0.15) is 17.9 Å². The van der Waals surface area contributed by atoms with Gasteiger partial charge in [0.15, 0.2) is 0 Å².